The second-order valence-electron chi connectivity index (χ2n) is 5.95. The summed E-state index contributed by atoms with van der Waals surface area (Å²) in [5.41, 5.74) is 1.26. The SMILES string of the molecule is O=C(N[C@@H]1CC[C@H](C(=O)O)C1)c1ccc(N2CCNC2=O)cc1. The second kappa shape index (κ2) is 6.28. The molecule has 122 valence electrons. The number of rotatable bonds is 4. The van der Waals surface area contributed by atoms with Crippen LogP contribution in [0.25, 0.3) is 0 Å². The number of hydrogen-bond donors (Lipinski definition) is 3. The summed E-state index contributed by atoms with van der Waals surface area (Å²) in [5.74, 6) is -1.37. The van der Waals surface area contributed by atoms with Crippen LogP contribution in [0.4, 0.5) is 10.5 Å². The van der Waals surface area contributed by atoms with Gasteiger partial charge in [-0.05, 0) is 43.5 Å². The van der Waals surface area contributed by atoms with E-state index in [2.05, 4.69) is 10.6 Å². The number of urea groups is 1. The van der Waals surface area contributed by atoms with Crippen molar-refractivity contribution in [1.82, 2.24) is 10.6 Å². The summed E-state index contributed by atoms with van der Waals surface area (Å²) >= 11 is 0. The summed E-state index contributed by atoms with van der Waals surface area (Å²) in [5, 5.41) is 14.6. The lowest BCUT2D eigenvalue weighted by Gasteiger charge is -2.15. The van der Waals surface area contributed by atoms with Gasteiger partial charge in [0.25, 0.3) is 5.91 Å². The highest BCUT2D eigenvalue weighted by Gasteiger charge is 2.30. The minimum Gasteiger partial charge on any atom is -0.481 e. The molecule has 1 saturated heterocycles. The molecule has 3 amide bonds. The number of carbonyl (C=O) groups excluding carboxylic acids is 2. The molecule has 23 heavy (non-hydrogen) atoms. The zero-order valence-electron chi connectivity index (χ0n) is 12.6. The van der Waals surface area contributed by atoms with Gasteiger partial charge in [0, 0.05) is 30.4 Å². The van der Waals surface area contributed by atoms with Gasteiger partial charge in [0.05, 0.1) is 5.92 Å². The van der Waals surface area contributed by atoms with Crippen LogP contribution in [0.1, 0.15) is 29.6 Å². The smallest absolute Gasteiger partial charge is 0.321 e. The maximum absolute atomic E-state index is 12.2. The lowest BCUT2D eigenvalue weighted by atomic mass is 10.1. The highest BCUT2D eigenvalue weighted by Crippen LogP contribution is 2.26. The van der Waals surface area contributed by atoms with Gasteiger partial charge < -0.3 is 15.7 Å². The van der Waals surface area contributed by atoms with Gasteiger partial charge in [0.15, 0.2) is 0 Å². The van der Waals surface area contributed by atoms with Gasteiger partial charge in [-0.2, -0.15) is 0 Å². The zero-order valence-corrected chi connectivity index (χ0v) is 12.6. The lowest BCUT2D eigenvalue weighted by molar-refractivity contribution is -0.141. The molecule has 1 aromatic rings. The van der Waals surface area contributed by atoms with Crippen LogP contribution in [0.5, 0.6) is 0 Å². The molecule has 1 aliphatic heterocycles. The Labute approximate surface area is 133 Å². The maximum atomic E-state index is 12.2. The minimum atomic E-state index is -0.796. The van der Waals surface area contributed by atoms with Crippen LogP contribution >= 0.6 is 0 Å². The van der Waals surface area contributed by atoms with Gasteiger partial charge in [0.1, 0.15) is 0 Å². The molecule has 1 aliphatic carbocycles. The summed E-state index contributed by atoms with van der Waals surface area (Å²) in [6.45, 7) is 1.23. The lowest BCUT2D eigenvalue weighted by Crippen LogP contribution is -2.33. The van der Waals surface area contributed by atoms with Crippen molar-refractivity contribution in [1.29, 1.82) is 0 Å². The Hall–Kier alpha value is -2.57. The second-order valence-corrected chi connectivity index (χ2v) is 5.95. The topological polar surface area (TPSA) is 98.7 Å². The molecule has 3 N–H and O–H groups in total. The van der Waals surface area contributed by atoms with Gasteiger partial charge in [-0.1, -0.05) is 0 Å². The van der Waals surface area contributed by atoms with E-state index in [1.54, 1.807) is 29.2 Å². The minimum absolute atomic E-state index is 0.0902. The molecule has 0 aromatic heterocycles. The van der Waals surface area contributed by atoms with Crippen molar-refractivity contribution in [2.45, 2.75) is 25.3 Å². The first-order valence-electron chi connectivity index (χ1n) is 7.73. The van der Waals surface area contributed by atoms with Crippen LogP contribution in [-0.2, 0) is 4.79 Å². The molecule has 1 heterocycles. The molecule has 1 aromatic carbocycles. The van der Waals surface area contributed by atoms with E-state index in [0.29, 0.717) is 37.9 Å². The Kier molecular flexibility index (Phi) is 4.18. The van der Waals surface area contributed by atoms with Gasteiger partial charge in [-0.15, -0.1) is 0 Å². The predicted molar refractivity (Wildman–Crippen MR) is 83.4 cm³/mol. The third-order valence-corrected chi connectivity index (χ3v) is 4.42. The normalized spacial score (nSPS) is 23.7. The highest BCUT2D eigenvalue weighted by molar-refractivity contribution is 5.97. The first kappa shape index (κ1) is 15.3. The summed E-state index contributed by atoms with van der Waals surface area (Å²) < 4.78 is 0. The fraction of sp³-hybridized carbons (Fsp3) is 0.438. The van der Waals surface area contributed by atoms with Crippen LogP contribution in [0.3, 0.4) is 0 Å². The van der Waals surface area contributed by atoms with Gasteiger partial charge in [-0.3, -0.25) is 14.5 Å². The van der Waals surface area contributed by atoms with Crippen molar-refractivity contribution >= 4 is 23.6 Å². The fourth-order valence-corrected chi connectivity index (χ4v) is 3.12. The van der Waals surface area contributed by atoms with E-state index in [-0.39, 0.29) is 23.9 Å². The number of carbonyl (C=O) groups is 3. The van der Waals surface area contributed by atoms with Gasteiger partial charge in [-0.25, -0.2) is 4.79 Å². The average molecular weight is 317 g/mol. The predicted octanol–water partition coefficient (Wildman–Crippen LogP) is 1.20. The van der Waals surface area contributed by atoms with Crippen LogP contribution in [0.15, 0.2) is 24.3 Å². The molecule has 2 aliphatic rings. The summed E-state index contributed by atoms with van der Waals surface area (Å²) in [6, 6.07) is 6.63. The first-order chi connectivity index (χ1) is 11.0. The van der Waals surface area contributed by atoms with E-state index < -0.39 is 5.97 Å². The number of hydrogen-bond acceptors (Lipinski definition) is 3. The number of nitrogens with one attached hydrogen (secondary N) is 2. The average Bonchev–Trinajstić information content (AvgIpc) is 3.16. The zero-order chi connectivity index (χ0) is 16.4. The van der Waals surface area contributed by atoms with Crippen molar-refractivity contribution in [2.75, 3.05) is 18.0 Å². The van der Waals surface area contributed by atoms with Crippen LogP contribution in [0.2, 0.25) is 0 Å². The number of amides is 3. The molecular weight excluding hydrogens is 298 g/mol. The monoisotopic (exact) mass is 317 g/mol. The van der Waals surface area contributed by atoms with E-state index >= 15 is 0 Å². The molecule has 3 rings (SSSR count). The van der Waals surface area contributed by atoms with Crippen molar-refractivity contribution in [2.24, 2.45) is 5.92 Å². The standard InChI is InChI=1S/C16H19N3O4/c20-14(18-12-4-1-11(9-12)15(21)22)10-2-5-13(6-3-10)19-8-7-17-16(19)23/h2-3,5-6,11-12H,1,4,7-9H2,(H,17,23)(H,18,20)(H,21,22)/t11-,12+/m0/s1. The van der Waals surface area contributed by atoms with E-state index in [0.717, 1.165) is 5.69 Å². The van der Waals surface area contributed by atoms with E-state index in [4.69, 9.17) is 5.11 Å². The number of carboxylic acids is 1. The maximum Gasteiger partial charge on any atom is 0.321 e. The molecule has 0 bridgehead atoms. The van der Waals surface area contributed by atoms with E-state index in [1.165, 1.54) is 0 Å². The molecule has 2 atom stereocenters. The van der Waals surface area contributed by atoms with Crippen molar-refractivity contribution < 1.29 is 19.5 Å². The molecule has 0 unspecified atom stereocenters. The van der Waals surface area contributed by atoms with E-state index in [9.17, 15) is 14.4 Å². The Morgan fingerprint density at radius 2 is 1.96 bits per heavy atom. The fourth-order valence-electron chi connectivity index (χ4n) is 3.12. The summed E-state index contributed by atoms with van der Waals surface area (Å²) in [6.07, 6.45) is 1.77. The van der Waals surface area contributed by atoms with E-state index in [1.807, 2.05) is 0 Å². The number of nitrogens with zero attached hydrogens (tertiary/aromatic N) is 1. The van der Waals surface area contributed by atoms with Crippen LogP contribution < -0.4 is 15.5 Å². The summed E-state index contributed by atoms with van der Waals surface area (Å²) in [4.78, 5) is 36.4. The molecular formula is C16H19N3O4. The van der Waals surface area contributed by atoms with Crippen molar-refractivity contribution in [3.05, 3.63) is 29.8 Å². The molecule has 0 radical (unpaired) electrons. The Morgan fingerprint density at radius 3 is 2.52 bits per heavy atom. The third kappa shape index (κ3) is 3.28. The number of anilines is 1. The Balaban J connectivity index is 1.60. The van der Waals surface area contributed by atoms with Crippen molar-refractivity contribution in [3.63, 3.8) is 0 Å². The largest absolute Gasteiger partial charge is 0.481 e. The van der Waals surface area contributed by atoms with Crippen molar-refractivity contribution in [3.8, 4) is 0 Å². The molecule has 1 saturated carbocycles. The number of carboxylic acid groups (broad SMARTS) is 1. The third-order valence-electron chi connectivity index (χ3n) is 4.42. The molecule has 7 nitrogen and oxygen atoms in total. The molecule has 0 spiro atoms. The quantitative estimate of drug-likeness (QED) is 0.777. The number of benzene rings is 1. The van der Waals surface area contributed by atoms with Crippen LogP contribution in [0, 0.1) is 5.92 Å². The van der Waals surface area contributed by atoms with Gasteiger partial charge >= 0.3 is 12.0 Å². The Bertz CT molecular complexity index is 629. The first-order valence-corrected chi connectivity index (χ1v) is 7.73. The Morgan fingerprint density at radius 1 is 1.22 bits per heavy atom. The summed E-state index contributed by atoms with van der Waals surface area (Å²) in [7, 11) is 0. The molecule has 2 fully saturated rings. The molecule has 7 heteroatoms. The number of aliphatic carboxylic acids is 1. The van der Waals surface area contributed by atoms with Gasteiger partial charge in [0.2, 0.25) is 0 Å². The van der Waals surface area contributed by atoms with Crippen LogP contribution in [-0.4, -0.2) is 42.1 Å². The highest BCUT2D eigenvalue weighted by atomic mass is 16.4.